The quantitative estimate of drug-likeness (QED) is 0.764. The molecule has 21 heavy (non-hydrogen) atoms. The van der Waals surface area contributed by atoms with E-state index in [1.165, 1.54) is 0 Å². The second kappa shape index (κ2) is 5.70. The molecule has 3 rings (SSSR count). The summed E-state index contributed by atoms with van der Waals surface area (Å²) in [5.41, 5.74) is 2.22. The van der Waals surface area contributed by atoms with Gasteiger partial charge in [0.2, 0.25) is 0 Å². The van der Waals surface area contributed by atoms with Crippen molar-refractivity contribution in [3.05, 3.63) is 59.2 Å². The predicted molar refractivity (Wildman–Crippen MR) is 85.1 cm³/mol. The molecule has 0 saturated heterocycles. The van der Waals surface area contributed by atoms with Gasteiger partial charge in [-0.1, -0.05) is 17.7 Å². The Morgan fingerprint density at radius 3 is 2.57 bits per heavy atom. The van der Waals surface area contributed by atoms with Crippen LogP contribution in [0.2, 0.25) is 5.02 Å². The summed E-state index contributed by atoms with van der Waals surface area (Å²) in [6, 6.07) is 14.8. The van der Waals surface area contributed by atoms with Gasteiger partial charge in [-0.05, 0) is 49.4 Å². The van der Waals surface area contributed by atoms with E-state index in [-0.39, 0.29) is 5.75 Å². The summed E-state index contributed by atoms with van der Waals surface area (Å²) in [5, 5.41) is 11.2. The molecule has 3 aromatic rings. The number of nitrogens with zero attached hydrogens (tertiary/aromatic N) is 1. The Labute approximate surface area is 128 Å². The zero-order chi connectivity index (χ0) is 14.8. The van der Waals surface area contributed by atoms with Crippen LogP contribution < -0.4 is 4.74 Å². The van der Waals surface area contributed by atoms with Crippen molar-refractivity contribution < 1.29 is 9.84 Å². The third-order valence-electron chi connectivity index (χ3n) is 3.49. The largest absolute Gasteiger partial charge is 0.508 e. The summed E-state index contributed by atoms with van der Waals surface area (Å²) in [6.45, 7) is 3.44. The minimum absolute atomic E-state index is 0.236. The first-order valence-electron chi connectivity index (χ1n) is 6.87. The first-order chi connectivity index (χ1) is 10.2. The number of benzene rings is 2. The van der Waals surface area contributed by atoms with Crippen molar-refractivity contribution >= 4 is 22.5 Å². The lowest BCUT2D eigenvalue weighted by Gasteiger charge is -2.10. The lowest BCUT2D eigenvalue weighted by molar-refractivity contribution is 0.295. The van der Waals surface area contributed by atoms with Crippen LogP contribution >= 0.6 is 11.6 Å². The number of hydrogen-bond donors (Lipinski definition) is 1. The van der Waals surface area contributed by atoms with E-state index in [4.69, 9.17) is 16.3 Å². The standard InChI is InChI=1S/C17H16ClNO2/c1-2-19-14(9-12-3-4-13(18)10-17(12)19)11-21-16-7-5-15(20)6-8-16/h3-10,20H,2,11H2,1H3. The number of aromatic hydroxyl groups is 1. The summed E-state index contributed by atoms with van der Waals surface area (Å²) in [5.74, 6) is 0.971. The molecule has 1 heterocycles. The number of hydrogen-bond acceptors (Lipinski definition) is 2. The summed E-state index contributed by atoms with van der Waals surface area (Å²) >= 11 is 6.08. The lowest BCUT2D eigenvalue weighted by Crippen LogP contribution is -2.04. The Morgan fingerprint density at radius 1 is 1.10 bits per heavy atom. The predicted octanol–water partition coefficient (Wildman–Crippen LogP) is 4.60. The maximum Gasteiger partial charge on any atom is 0.128 e. The Bertz CT molecular complexity index is 762. The molecule has 0 unspecified atom stereocenters. The summed E-state index contributed by atoms with van der Waals surface area (Å²) in [4.78, 5) is 0. The summed E-state index contributed by atoms with van der Waals surface area (Å²) in [7, 11) is 0. The average molecular weight is 302 g/mol. The Hall–Kier alpha value is -2.13. The van der Waals surface area contributed by atoms with Gasteiger partial charge in [-0.25, -0.2) is 0 Å². The SMILES string of the molecule is CCn1c(COc2ccc(O)cc2)cc2ccc(Cl)cc21. The number of phenolic OH excluding ortho intramolecular Hbond substituents is 1. The maximum atomic E-state index is 9.27. The van der Waals surface area contributed by atoms with Crippen molar-refractivity contribution in [2.75, 3.05) is 0 Å². The fourth-order valence-electron chi connectivity index (χ4n) is 2.48. The van der Waals surface area contributed by atoms with Gasteiger partial charge >= 0.3 is 0 Å². The van der Waals surface area contributed by atoms with Gasteiger partial charge in [0.25, 0.3) is 0 Å². The van der Waals surface area contributed by atoms with Gasteiger partial charge in [-0.2, -0.15) is 0 Å². The van der Waals surface area contributed by atoms with Crippen LogP contribution in [-0.4, -0.2) is 9.67 Å². The van der Waals surface area contributed by atoms with Crippen LogP contribution in [0.3, 0.4) is 0 Å². The van der Waals surface area contributed by atoms with Crippen LogP contribution in [0.25, 0.3) is 10.9 Å². The van der Waals surface area contributed by atoms with Gasteiger partial charge in [0.1, 0.15) is 18.1 Å². The monoisotopic (exact) mass is 301 g/mol. The van der Waals surface area contributed by atoms with Gasteiger partial charge in [0.05, 0.1) is 5.69 Å². The molecule has 0 fully saturated rings. The smallest absolute Gasteiger partial charge is 0.128 e. The molecule has 0 amide bonds. The van der Waals surface area contributed by atoms with Crippen LogP contribution in [0, 0.1) is 0 Å². The molecule has 108 valence electrons. The van der Waals surface area contributed by atoms with E-state index in [2.05, 4.69) is 17.6 Å². The molecular formula is C17H16ClNO2. The Balaban J connectivity index is 1.88. The molecule has 2 aromatic carbocycles. The zero-order valence-corrected chi connectivity index (χ0v) is 12.5. The first kappa shape index (κ1) is 13.8. The van der Waals surface area contributed by atoms with E-state index in [0.717, 1.165) is 33.9 Å². The average Bonchev–Trinajstić information content (AvgIpc) is 2.83. The van der Waals surface area contributed by atoms with Gasteiger partial charge in [-0.15, -0.1) is 0 Å². The van der Waals surface area contributed by atoms with Crippen molar-refractivity contribution in [3.8, 4) is 11.5 Å². The number of ether oxygens (including phenoxy) is 1. The normalized spacial score (nSPS) is 11.0. The minimum atomic E-state index is 0.236. The van der Waals surface area contributed by atoms with Gasteiger partial charge in [0, 0.05) is 22.5 Å². The number of halogens is 1. The molecule has 1 N–H and O–H groups in total. The topological polar surface area (TPSA) is 34.4 Å². The molecule has 0 aliphatic carbocycles. The van der Waals surface area contributed by atoms with Crippen molar-refractivity contribution in [3.63, 3.8) is 0 Å². The van der Waals surface area contributed by atoms with Crippen LogP contribution in [-0.2, 0) is 13.2 Å². The number of aryl methyl sites for hydroxylation is 1. The fraction of sp³-hybridized carbons (Fsp3) is 0.176. The molecule has 0 aliphatic heterocycles. The van der Waals surface area contributed by atoms with Crippen LogP contribution in [0.4, 0.5) is 0 Å². The molecular weight excluding hydrogens is 286 g/mol. The number of rotatable bonds is 4. The van der Waals surface area contributed by atoms with Crippen LogP contribution in [0.15, 0.2) is 48.5 Å². The van der Waals surface area contributed by atoms with E-state index < -0.39 is 0 Å². The zero-order valence-electron chi connectivity index (χ0n) is 11.7. The first-order valence-corrected chi connectivity index (χ1v) is 7.24. The van der Waals surface area contributed by atoms with E-state index in [9.17, 15) is 5.11 Å². The number of aromatic nitrogens is 1. The van der Waals surface area contributed by atoms with Crippen molar-refractivity contribution in [1.82, 2.24) is 4.57 Å². The van der Waals surface area contributed by atoms with Crippen LogP contribution in [0.1, 0.15) is 12.6 Å². The second-order valence-corrected chi connectivity index (χ2v) is 5.30. The molecule has 0 radical (unpaired) electrons. The molecule has 0 aliphatic rings. The van der Waals surface area contributed by atoms with Crippen LogP contribution in [0.5, 0.6) is 11.5 Å². The van der Waals surface area contributed by atoms with Gasteiger partial charge in [-0.3, -0.25) is 0 Å². The molecule has 1 aromatic heterocycles. The van der Waals surface area contributed by atoms with Crippen molar-refractivity contribution in [1.29, 1.82) is 0 Å². The molecule has 0 spiro atoms. The lowest BCUT2D eigenvalue weighted by atomic mass is 10.2. The van der Waals surface area contributed by atoms with Crippen molar-refractivity contribution in [2.24, 2.45) is 0 Å². The highest BCUT2D eigenvalue weighted by atomic mass is 35.5. The Kier molecular flexibility index (Phi) is 3.76. The van der Waals surface area contributed by atoms with E-state index in [0.29, 0.717) is 6.61 Å². The van der Waals surface area contributed by atoms with E-state index >= 15 is 0 Å². The summed E-state index contributed by atoms with van der Waals surface area (Å²) in [6.07, 6.45) is 0. The number of fused-ring (bicyclic) bond motifs is 1. The third kappa shape index (κ3) is 2.83. The van der Waals surface area contributed by atoms with E-state index in [1.54, 1.807) is 24.3 Å². The molecule has 0 bridgehead atoms. The third-order valence-corrected chi connectivity index (χ3v) is 3.73. The minimum Gasteiger partial charge on any atom is -0.508 e. The maximum absolute atomic E-state index is 9.27. The Morgan fingerprint density at radius 2 is 1.86 bits per heavy atom. The van der Waals surface area contributed by atoms with Gasteiger partial charge < -0.3 is 14.4 Å². The molecule has 0 atom stereocenters. The van der Waals surface area contributed by atoms with Gasteiger partial charge in [0.15, 0.2) is 0 Å². The van der Waals surface area contributed by atoms with E-state index in [1.807, 2.05) is 18.2 Å². The molecule has 0 saturated carbocycles. The molecule has 3 nitrogen and oxygen atoms in total. The molecule has 4 heteroatoms. The summed E-state index contributed by atoms with van der Waals surface area (Å²) < 4.78 is 7.98. The highest BCUT2D eigenvalue weighted by Gasteiger charge is 2.08. The number of phenols is 1. The highest BCUT2D eigenvalue weighted by Crippen LogP contribution is 2.25. The second-order valence-electron chi connectivity index (χ2n) is 4.87. The van der Waals surface area contributed by atoms with Crippen molar-refractivity contribution in [2.45, 2.75) is 20.1 Å². The fourth-order valence-corrected chi connectivity index (χ4v) is 2.64. The highest BCUT2D eigenvalue weighted by molar-refractivity contribution is 6.31.